The average molecular weight is 637 g/mol. The summed E-state index contributed by atoms with van der Waals surface area (Å²) in [4.78, 5) is 0. The maximum Gasteiger partial charge on any atom is 4.00 e. The average Bonchev–Trinajstić information content (AvgIpc) is 3.26. The van der Waals surface area contributed by atoms with Gasteiger partial charge in [-0.3, -0.25) is 0 Å². The van der Waals surface area contributed by atoms with Crippen LogP contribution in [-0.4, -0.2) is 20.6 Å². The van der Waals surface area contributed by atoms with Gasteiger partial charge in [-0.25, -0.2) is 0 Å². The van der Waals surface area contributed by atoms with E-state index in [-0.39, 0.29) is 62.4 Å². The van der Waals surface area contributed by atoms with Crippen LogP contribution in [0.5, 0.6) is 0 Å². The third-order valence-electron chi connectivity index (χ3n) is 6.41. The molecule has 0 aliphatic carbocycles. The van der Waals surface area contributed by atoms with E-state index in [1.165, 1.54) is 21.5 Å². The van der Waals surface area contributed by atoms with Gasteiger partial charge in [0.15, 0.2) is 0 Å². The zero-order valence-corrected chi connectivity index (χ0v) is 30.9. The van der Waals surface area contributed by atoms with Crippen LogP contribution >= 0.6 is 15.8 Å². The van der Waals surface area contributed by atoms with Crippen LogP contribution < -0.4 is 35.4 Å². The summed E-state index contributed by atoms with van der Waals surface area (Å²) in [5, 5.41) is 10.0. The van der Waals surface area contributed by atoms with Crippen molar-refractivity contribution < 1.29 is 46.5 Å². The Bertz CT molecular complexity index is 1090. The SMILES string of the molecule is CC(C)(C)P(c1cc2ccccc2[cH-]1)C(C)(C)C.CC(C)(C)P(c1cc2ccccc2[cH-]1)C(C)(C)C.[Cl-].[Cl-].[Ti+4]. The minimum Gasteiger partial charge on any atom is -1.00 e. The van der Waals surface area contributed by atoms with Crippen molar-refractivity contribution in [2.24, 2.45) is 0 Å². The molecule has 4 rings (SSSR count). The molecule has 5 heteroatoms. The van der Waals surface area contributed by atoms with E-state index in [0.29, 0.717) is 20.6 Å². The van der Waals surface area contributed by atoms with Crippen molar-refractivity contribution in [3.8, 4) is 0 Å². The van der Waals surface area contributed by atoms with E-state index in [1.54, 1.807) is 10.6 Å². The van der Waals surface area contributed by atoms with Gasteiger partial charge < -0.3 is 24.8 Å². The summed E-state index contributed by atoms with van der Waals surface area (Å²) in [5.74, 6) is 0. The summed E-state index contributed by atoms with van der Waals surface area (Å²) in [6.45, 7) is 28.5. The molecule has 0 aromatic heterocycles. The first-order valence-electron chi connectivity index (χ1n) is 13.3. The standard InChI is InChI=1S/2C17H24P.2ClH.Ti/c2*1-16(2,3)18(17(4,5)6)15-11-13-9-7-8-10-14(13)12-15;;;/h2*7-12H,1-6H3;2*1H;/q2*-1;;;+4/p-2. The quantitative estimate of drug-likeness (QED) is 0.172. The summed E-state index contributed by atoms with van der Waals surface area (Å²) in [7, 11) is -0.369. The van der Waals surface area contributed by atoms with E-state index in [1.807, 2.05) is 0 Å². The van der Waals surface area contributed by atoms with Gasteiger partial charge in [0.2, 0.25) is 0 Å². The third kappa shape index (κ3) is 9.95. The van der Waals surface area contributed by atoms with Crippen LogP contribution in [0, 0.1) is 0 Å². The first kappa shape index (κ1) is 38.8. The molecule has 0 spiro atoms. The summed E-state index contributed by atoms with van der Waals surface area (Å²) in [6, 6.07) is 27.0. The number of fused-ring (bicyclic) bond motifs is 2. The smallest absolute Gasteiger partial charge is 1.00 e. The molecule has 39 heavy (non-hydrogen) atoms. The zero-order chi connectivity index (χ0) is 27.1. The largest absolute Gasteiger partial charge is 4.00 e. The Labute approximate surface area is 269 Å². The summed E-state index contributed by atoms with van der Waals surface area (Å²) < 4.78 is 0. The van der Waals surface area contributed by atoms with Crippen LogP contribution in [0.1, 0.15) is 83.1 Å². The number of halogens is 2. The van der Waals surface area contributed by atoms with Crippen LogP contribution in [0.3, 0.4) is 0 Å². The second-order valence-electron chi connectivity index (χ2n) is 14.0. The first-order valence-corrected chi connectivity index (χ1v) is 16.0. The summed E-state index contributed by atoms with van der Waals surface area (Å²) in [6.07, 6.45) is 0. The van der Waals surface area contributed by atoms with Crippen molar-refractivity contribution in [2.45, 2.75) is 104 Å². The number of rotatable bonds is 2. The predicted molar refractivity (Wildman–Crippen MR) is 171 cm³/mol. The molecule has 212 valence electrons. The number of hydrogen-bond acceptors (Lipinski definition) is 0. The van der Waals surface area contributed by atoms with Gasteiger partial charge in [-0.05, 0) is 20.6 Å². The van der Waals surface area contributed by atoms with E-state index in [9.17, 15) is 0 Å². The van der Waals surface area contributed by atoms with Gasteiger partial charge in [-0.2, -0.15) is 12.1 Å². The minimum atomic E-state index is -0.185. The van der Waals surface area contributed by atoms with Crippen molar-refractivity contribution in [2.75, 3.05) is 0 Å². The van der Waals surface area contributed by atoms with E-state index in [0.717, 1.165) is 0 Å². The third-order valence-corrected chi connectivity index (χ3v) is 13.3. The van der Waals surface area contributed by atoms with E-state index < -0.39 is 0 Å². The van der Waals surface area contributed by atoms with Gasteiger partial charge >= 0.3 is 21.7 Å². The molecule has 0 bridgehead atoms. The van der Waals surface area contributed by atoms with Crippen molar-refractivity contribution >= 4 is 48.0 Å². The Hall–Kier alpha value is -0.186. The van der Waals surface area contributed by atoms with Crippen molar-refractivity contribution in [1.29, 1.82) is 0 Å². The minimum absolute atomic E-state index is 0. The maximum absolute atomic E-state index is 2.40. The van der Waals surface area contributed by atoms with Crippen LogP contribution in [0.4, 0.5) is 0 Å². The molecular formula is C34H48Cl2P2Ti. The molecule has 0 N–H and O–H groups in total. The van der Waals surface area contributed by atoms with Crippen LogP contribution in [-0.2, 0) is 21.7 Å². The normalized spacial score (nSPS) is 12.5. The van der Waals surface area contributed by atoms with Crippen LogP contribution in [0.2, 0.25) is 0 Å². The molecule has 0 nitrogen and oxygen atoms in total. The Morgan fingerprint density at radius 3 is 0.949 bits per heavy atom. The second-order valence-corrected chi connectivity index (χ2v) is 21.8. The zero-order valence-electron chi connectivity index (χ0n) is 26.1. The Kier molecular flexibility index (Phi) is 14.3. The fraction of sp³-hybridized carbons (Fsp3) is 0.471. The molecule has 0 saturated carbocycles. The molecule has 0 atom stereocenters. The first-order chi connectivity index (χ1) is 16.4. The van der Waals surface area contributed by atoms with Crippen LogP contribution in [0.25, 0.3) is 21.5 Å². The molecular weight excluding hydrogens is 589 g/mol. The van der Waals surface area contributed by atoms with Crippen molar-refractivity contribution in [3.05, 3.63) is 72.8 Å². The fourth-order valence-corrected chi connectivity index (χ4v) is 14.3. The van der Waals surface area contributed by atoms with E-state index in [4.69, 9.17) is 0 Å². The molecule has 0 heterocycles. The Morgan fingerprint density at radius 2 is 0.718 bits per heavy atom. The molecule has 0 saturated heterocycles. The predicted octanol–water partition coefficient (Wildman–Crippen LogP) is 4.53. The van der Waals surface area contributed by atoms with Gasteiger partial charge in [-0.15, -0.1) is 80.7 Å². The fourth-order valence-electron chi connectivity index (χ4n) is 6.09. The Balaban J connectivity index is 0.000000688. The maximum atomic E-state index is 2.40. The molecule has 0 unspecified atom stereocenters. The van der Waals surface area contributed by atoms with Gasteiger partial charge in [0.05, 0.1) is 0 Å². The van der Waals surface area contributed by atoms with E-state index in [2.05, 4.69) is 156 Å². The molecule has 0 aliphatic heterocycles. The van der Waals surface area contributed by atoms with Gasteiger partial charge in [0.1, 0.15) is 0 Å². The van der Waals surface area contributed by atoms with Crippen molar-refractivity contribution in [3.63, 3.8) is 0 Å². The molecule has 0 aliphatic rings. The van der Waals surface area contributed by atoms with Gasteiger partial charge in [0, 0.05) is 0 Å². The van der Waals surface area contributed by atoms with Gasteiger partial charge in [0.25, 0.3) is 0 Å². The number of benzene rings is 2. The monoisotopic (exact) mass is 636 g/mol. The molecule has 0 fully saturated rings. The Morgan fingerprint density at radius 1 is 0.462 bits per heavy atom. The summed E-state index contributed by atoms with van der Waals surface area (Å²) >= 11 is 0. The molecule has 0 radical (unpaired) electrons. The van der Waals surface area contributed by atoms with Crippen LogP contribution in [0.15, 0.2) is 72.8 Å². The topological polar surface area (TPSA) is 0 Å². The van der Waals surface area contributed by atoms with E-state index >= 15 is 0 Å². The molecule has 0 amide bonds. The number of hydrogen-bond donors (Lipinski definition) is 0. The molecule has 4 aromatic carbocycles. The summed E-state index contributed by atoms with van der Waals surface area (Å²) in [5.41, 5.74) is 0. The van der Waals surface area contributed by atoms with Crippen molar-refractivity contribution in [1.82, 2.24) is 0 Å². The second kappa shape index (κ2) is 14.3. The van der Waals surface area contributed by atoms with Gasteiger partial charge in [-0.1, -0.05) is 111 Å². The molecule has 4 aromatic rings.